The van der Waals surface area contributed by atoms with Gasteiger partial charge >= 0.3 is 12.0 Å². The number of carbonyl (C=O) groups excluding carboxylic acids is 1. The fourth-order valence-corrected chi connectivity index (χ4v) is 2.50. The smallest absolute Gasteiger partial charge is 0.329 e. The molecule has 2 aliphatic rings. The molecule has 0 radical (unpaired) electrons. The zero-order chi connectivity index (χ0) is 13.9. The number of aliphatic carboxylic acids is 1. The maximum absolute atomic E-state index is 11.9. The first-order chi connectivity index (χ1) is 9.02. The number of rotatable bonds is 5. The number of amides is 2. The Balaban J connectivity index is 1.85. The van der Waals surface area contributed by atoms with Crippen molar-refractivity contribution in [3.05, 3.63) is 0 Å². The fraction of sp³-hybridized carbons (Fsp3) is 0.846. The minimum absolute atomic E-state index is 0.0817. The molecule has 1 saturated heterocycles. The first-order valence-corrected chi connectivity index (χ1v) is 6.92. The van der Waals surface area contributed by atoms with Crippen LogP contribution in [0.15, 0.2) is 0 Å². The third-order valence-corrected chi connectivity index (χ3v) is 3.87. The minimum atomic E-state index is -1.18. The lowest BCUT2D eigenvalue weighted by molar-refractivity contribution is -0.148. The zero-order valence-electron chi connectivity index (χ0n) is 11.3. The monoisotopic (exact) mass is 270 g/mol. The van der Waals surface area contributed by atoms with Crippen LogP contribution in [0.4, 0.5) is 4.79 Å². The van der Waals surface area contributed by atoms with Gasteiger partial charge in [-0.3, -0.25) is 0 Å². The molecule has 108 valence electrons. The zero-order valence-corrected chi connectivity index (χ0v) is 11.3. The van der Waals surface area contributed by atoms with Crippen LogP contribution in [-0.4, -0.2) is 41.9 Å². The van der Waals surface area contributed by atoms with E-state index in [1.165, 1.54) is 12.8 Å². The molecule has 6 heteroatoms. The molecular formula is C13H22N2O4. The van der Waals surface area contributed by atoms with Crippen molar-refractivity contribution in [1.29, 1.82) is 0 Å². The van der Waals surface area contributed by atoms with Gasteiger partial charge in [-0.25, -0.2) is 9.59 Å². The van der Waals surface area contributed by atoms with Gasteiger partial charge in [-0.2, -0.15) is 0 Å². The molecule has 0 aromatic carbocycles. The molecule has 6 nitrogen and oxygen atoms in total. The molecule has 0 spiro atoms. The molecule has 1 atom stereocenters. The molecule has 1 aliphatic heterocycles. The van der Waals surface area contributed by atoms with Gasteiger partial charge < -0.3 is 20.5 Å². The van der Waals surface area contributed by atoms with E-state index in [0.29, 0.717) is 26.1 Å². The average Bonchev–Trinajstić information content (AvgIpc) is 3.13. The fourth-order valence-electron chi connectivity index (χ4n) is 2.50. The van der Waals surface area contributed by atoms with E-state index in [2.05, 4.69) is 10.6 Å². The first-order valence-electron chi connectivity index (χ1n) is 6.92. The maximum atomic E-state index is 11.9. The molecule has 3 N–H and O–H groups in total. The highest BCUT2D eigenvalue weighted by molar-refractivity contribution is 5.86. The normalized spacial score (nSPS) is 23.4. The Morgan fingerprint density at radius 3 is 2.53 bits per heavy atom. The summed E-state index contributed by atoms with van der Waals surface area (Å²) in [5.74, 6) is -0.257. The van der Waals surface area contributed by atoms with Crippen molar-refractivity contribution in [2.75, 3.05) is 13.2 Å². The number of urea groups is 1. The third kappa shape index (κ3) is 3.83. The summed E-state index contributed by atoms with van der Waals surface area (Å²) in [4.78, 5) is 23.3. The first kappa shape index (κ1) is 14.1. The summed E-state index contributed by atoms with van der Waals surface area (Å²) in [5, 5.41) is 14.8. The molecule has 2 rings (SSSR count). The van der Waals surface area contributed by atoms with E-state index in [1.54, 1.807) is 0 Å². The Morgan fingerprint density at radius 1 is 1.37 bits per heavy atom. The quantitative estimate of drug-likeness (QED) is 0.698. The molecule has 2 amide bonds. The number of hydrogen-bond acceptors (Lipinski definition) is 3. The highest BCUT2D eigenvalue weighted by Gasteiger charge is 2.41. The van der Waals surface area contributed by atoms with E-state index < -0.39 is 17.5 Å². The van der Waals surface area contributed by atoms with Gasteiger partial charge in [0.2, 0.25) is 0 Å². The molecule has 0 aromatic heterocycles. The minimum Gasteiger partial charge on any atom is -0.480 e. The summed E-state index contributed by atoms with van der Waals surface area (Å²) in [5.41, 5.74) is -1.18. The average molecular weight is 270 g/mol. The van der Waals surface area contributed by atoms with Crippen molar-refractivity contribution in [3.8, 4) is 0 Å². The molecule has 2 fully saturated rings. The van der Waals surface area contributed by atoms with Crippen LogP contribution in [0.3, 0.4) is 0 Å². The van der Waals surface area contributed by atoms with Gasteiger partial charge in [0, 0.05) is 32.1 Å². The van der Waals surface area contributed by atoms with Crippen LogP contribution in [0, 0.1) is 5.92 Å². The van der Waals surface area contributed by atoms with E-state index in [4.69, 9.17) is 4.74 Å². The van der Waals surface area contributed by atoms with Crippen molar-refractivity contribution in [1.82, 2.24) is 10.6 Å². The van der Waals surface area contributed by atoms with E-state index in [9.17, 15) is 14.7 Å². The number of hydrogen-bond donors (Lipinski definition) is 3. The third-order valence-electron chi connectivity index (χ3n) is 3.87. The Bertz CT molecular complexity index is 349. The van der Waals surface area contributed by atoms with E-state index >= 15 is 0 Å². The summed E-state index contributed by atoms with van der Waals surface area (Å²) in [6.07, 6.45) is 4.07. The molecule has 1 saturated carbocycles. The SMILES string of the molecule is CC(CC1CC1)NC(=O)NC1(C(=O)O)CCOCC1. The van der Waals surface area contributed by atoms with Gasteiger partial charge in [-0.15, -0.1) is 0 Å². The maximum Gasteiger partial charge on any atom is 0.329 e. The summed E-state index contributed by atoms with van der Waals surface area (Å²) < 4.78 is 5.16. The second-order valence-corrected chi connectivity index (χ2v) is 5.68. The largest absolute Gasteiger partial charge is 0.480 e. The summed E-state index contributed by atoms with van der Waals surface area (Å²) in [6, 6.07) is -0.310. The Kier molecular flexibility index (Phi) is 4.29. The predicted molar refractivity (Wildman–Crippen MR) is 68.9 cm³/mol. The van der Waals surface area contributed by atoms with Crippen molar-refractivity contribution >= 4 is 12.0 Å². The second-order valence-electron chi connectivity index (χ2n) is 5.68. The second kappa shape index (κ2) is 5.77. The van der Waals surface area contributed by atoms with Gasteiger partial charge in [0.1, 0.15) is 5.54 Å². The number of carbonyl (C=O) groups is 2. The van der Waals surface area contributed by atoms with Crippen LogP contribution < -0.4 is 10.6 Å². The Hall–Kier alpha value is -1.30. The molecule has 1 heterocycles. The number of ether oxygens (including phenoxy) is 1. The highest BCUT2D eigenvalue weighted by Crippen LogP contribution is 2.33. The van der Waals surface area contributed by atoms with Gasteiger partial charge in [0.15, 0.2) is 0 Å². The standard InChI is InChI=1S/C13H22N2O4/c1-9(8-10-2-3-10)14-12(18)15-13(11(16)17)4-6-19-7-5-13/h9-10H,2-8H2,1H3,(H,16,17)(H2,14,15,18). The lowest BCUT2D eigenvalue weighted by atomic mass is 9.90. The van der Waals surface area contributed by atoms with E-state index in [0.717, 1.165) is 12.3 Å². The van der Waals surface area contributed by atoms with Crippen LogP contribution >= 0.6 is 0 Å². The number of nitrogens with one attached hydrogen (secondary N) is 2. The van der Waals surface area contributed by atoms with Crippen LogP contribution in [-0.2, 0) is 9.53 Å². The van der Waals surface area contributed by atoms with Crippen LogP contribution in [0.25, 0.3) is 0 Å². The summed E-state index contributed by atoms with van der Waals surface area (Å²) in [6.45, 7) is 2.68. The molecule has 1 unspecified atom stereocenters. The van der Waals surface area contributed by atoms with Crippen LogP contribution in [0.2, 0.25) is 0 Å². The Labute approximate surface area is 112 Å². The van der Waals surface area contributed by atoms with Crippen molar-refractivity contribution < 1.29 is 19.4 Å². The van der Waals surface area contributed by atoms with Crippen molar-refractivity contribution in [2.45, 2.75) is 50.6 Å². The number of carboxylic acid groups (broad SMARTS) is 1. The Morgan fingerprint density at radius 2 is 2.00 bits per heavy atom. The molecule has 0 bridgehead atoms. The van der Waals surface area contributed by atoms with Crippen LogP contribution in [0.5, 0.6) is 0 Å². The van der Waals surface area contributed by atoms with Gasteiger partial charge in [0.25, 0.3) is 0 Å². The summed E-state index contributed by atoms with van der Waals surface area (Å²) >= 11 is 0. The number of carboxylic acids is 1. The predicted octanol–water partition coefficient (Wildman–Crippen LogP) is 1.11. The van der Waals surface area contributed by atoms with E-state index in [1.807, 2.05) is 6.92 Å². The summed E-state index contributed by atoms with van der Waals surface area (Å²) in [7, 11) is 0. The molecule has 19 heavy (non-hydrogen) atoms. The topological polar surface area (TPSA) is 87.7 Å². The molecule has 0 aromatic rings. The highest BCUT2D eigenvalue weighted by atomic mass is 16.5. The van der Waals surface area contributed by atoms with E-state index in [-0.39, 0.29) is 6.04 Å². The van der Waals surface area contributed by atoms with Gasteiger partial charge in [-0.1, -0.05) is 12.8 Å². The van der Waals surface area contributed by atoms with Crippen molar-refractivity contribution in [3.63, 3.8) is 0 Å². The molecule has 1 aliphatic carbocycles. The van der Waals surface area contributed by atoms with Gasteiger partial charge in [0.05, 0.1) is 0 Å². The van der Waals surface area contributed by atoms with Gasteiger partial charge in [-0.05, 0) is 19.3 Å². The van der Waals surface area contributed by atoms with Crippen LogP contribution in [0.1, 0.15) is 39.0 Å². The van der Waals surface area contributed by atoms with Crippen molar-refractivity contribution in [2.24, 2.45) is 5.92 Å². The molecular weight excluding hydrogens is 248 g/mol. The lowest BCUT2D eigenvalue weighted by Crippen LogP contribution is -2.60. The lowest BCUT2D eigenvalue weighted by Gasteiger charge is -2.34.